The fraction of sp³-hybridized carbons (Fsp3) is 0.700. The molecule has 0 saturated heterocycles. The van der Waals surface area contributed by atoms with Crippen molar-refractivity contribution in [2.24, 2.45) is 5.73 Å². The van der Waals surface area contributed by atoms with Gasteiger partial charge in [0.25, 0.3) is 0 Å². The number of hydrogen-bond donors (Lipinski definition) is 1. The first-order valence-electron chi connectivity index (χ1n) is 4.94. The number of nitrogens with zero attached hydrogens (tertiary/aromatic N) is 1. The number of aryl methyl sites for hydroxylation is 1. The van der Waals surface area contributed by atoms with E-state index in [9.17, 15) is 0 Å². The summed E-state index contributed by atoms with van der Waals surface area (Å²) >= 11 is 1.65. The molecule has 2 atom stereocenters. The highest BCUT2D eigenvalue weighted by Crippen LogP contribution is 2.34. The maximum atomic E-state index is 5.95. The zero-order valence-corrected chi connectivity index (χ0v) is 8.81. The topological polar surface area (TPSA) is 38.9 Å². The molecule has 1 heterocycles. The number of hydrogen-bond acceptors (Lipinski definition) is 3. The second kappa shape index (κ2) is 3.76. The van der Waals surface area contributed by atoms with E-state index in [1.807, 2.05) is 0 Å². The number of rotatable bonds is 1. The van der Waals surface area contributed by atoms with Crippen LogP contribution in [-0.2, 0) is 0 Å². The molecule has 1 aliphatic carbocycles. The lowest BCUT2D eigenvalue weighted by Crippen LogP contribution is -2.26. The molecule has 3 heteroatoms. The minimum Gasteiger partial charge on any atom is -0.328 e. The number of aromatic nitrogens is 1. The highest BCUT2D eigenvalue weighted by molar-refractivity contribution is 7.05. The lowest BCUT2D eigenvalue weighted by Gasteiger charge is -2.25. The molecule has 1 fully saturated rings. The van der Waals surface area contributed by atoms with Gasteiger partial charge in [-0.15, -0.1) is 0 Å². The van der Waals surface area contributed by atoms with Crippen molar-refractivity contribution in [1.82, 2.24) is 4.37 Å². The Balaban J connectivity index is 2.08. The molecule has 1 aromatic rings. The smallest absolute Gasteiger partial charge is 0.0514 e. The van der Waals surface area contributed by atoms with Crippen molar-refractivity contribution < 1.29 is 0 Å². The predicted molar refractivity (Wildman–Crippen MR) is 56.0 cm³/mol. The fourth-order valence-corrected chi connectivity index (χ4v) is 2.95. The van der Waals surface area contributed by atoms with E-state index in [-0.39, 0.29) is 0 Å². The summed E-state index contributed by atoms with van der Waals surface area (Å²) in [6.45, 7) is 2.06. The first-order chi connectivity index (χ1) is 6.25. The molecule has 1 saturated carbocycles. The quantitative estimate of drug-likeness (QED) is 0.749. The molecular formula is C10H16N2S. The molecule has 0 aliphatic heterocycles. The molecule has 0 radical (unpaired) electrons. The molecule has 0 bridgehead atoms. The van der Waals surface area contributed by atoms with Crippen molar-refractivity contribution in [1.29, 1.82) is 0 Å². The zero-order valence-electron chi connectivity index (χ0n) is 7.99. The van der Waals surface area contributed by atoms with Gasteiger partial charge in [-0.1, -0.05) is 6.42 Å². The normalized spacial score (nSPS) is 29.1. The van der Waals surface area contributed by atoms with Gasteiger partial charge in [0.2, 0.25) is 0 Å². The molecule has 13 heavy (non-hydrogen) atoms. The molecule has 0 amide bonds. The Morgan fingerprint density at radius 3 is 3.00 bits per heavy atom. The van der Waals surface area contributed by atoms with E-state index in [1.54, 1.807) is 11.5 Å². The third kappa shape index (κ3) is 2.09. The van der Waals surface area contributed by atoms with Crippen LogP contribution in [0.25, 0.3) is 0 Å². The van der Waals surface area contributed by atoms with E-state index in [2.05, 4.69) is 17.4 Å². The Hall–Kier alpha value is -0.410. The van der Waals surface area contributed by atoms with E-state index in [1.165, 1.54) is 24.1 Å². The van der Waals surface area contributed by atoms with Crippen LogP contribution in [0.3, 0.4) is 0 Å². The maximum Gasteiger partial charge on any atom is 0.0514 e. The number of nitrogens with two attached hydrogens (primary N) is 1. The van der Waals surface area contributed by atoms with Gasteiger partial charge in [0, 0.05) is 10.9 Å². The van der Waals surface area contributed by atoms with E-state index in [0.717, 1.165) is 12.1 Å². The summed E-state index contributed by atoms with van der Waals surface area (Å²) in [5.41, 5.74) is 7.11. The summed E-state index contributed by atoms with van der Waals surface area (Å²) in [6.07, 6.45) is 4.94. The molecule has 2 nitrogen and oxygen atoms in total. The maximum absolute atomic E-state index is 5.95. The van der Waals surface area contributed by atoms with Crippen LogP contribution in [0.1, 0.15) is 42.2 Å². The second-order valence-electron chi connectivity index (χ2n) is 3.99. The van der Waals surface area contributed by atoms with Gasteiger partial charge in [0.05, 0.1) is 5.69 Å². The fourth-order valence-electron chi connectivity index (χ4n) is 2.06. The summed E-state index contributed by atoms with van der Waals surface area (Å²) in [5, 5.41) is 0. The van der Waals surface area contributed by atoms with Crippen LogP contribution in [0.4, 0.5) is 0 Å². The van der Waals surface area contributed by atoms with Gasteiger partial charge >= 0.3 is 0 Å². The highest BCUT2D eigenvalue weighted by atomic mass is 32.1. The third-order valence-electron chi connectivity index (χ3n) is 2.76. The van der Waals surface area contributed by atoms with Gasteiger partial charge in [-0.2, -0.15) is 4.37 Å². The van der Waals surface area contributed by atoms with E-state index >= 15 is 0 Å². The summed E-state index contributed by atoms with van der Waals surface area (Å²) in [5.74, 6) is 0.690. The van der Waals surface area contributed by atoms with Gasteiger partial charge < -0.3 is 5.73 Å². The highest BCUT2D eigenvalue weighted by Gasteiger charge is 2.21. The molecule has 0 spiro atoms. The minimum absolute atomic E-state index is 0.418. The monoisotopic (exact) mass is 196 g/mol. The van der Waals surface area contributed by atoms with Gasteiger partial charge in [-0.05, 0) is 49.7 Å². The SMILES string of the molecule is Cc1cc(C2CCCC(N)C2)sn1. The zero-order chi connectivity index (χ0) is 9.26. The van der Waals surface area contributed by atoms with Crippen LogP contribution in [0.15, 0.2) is 6.07 Å². The van der Waals surface area contributed by atoms with Gasteiger partial charge in [0.15, 0.2) is 0 Å². The van der Waals surface area contributed by atoms with Crippen molar-refractivity contribution in [2.45, 2.75) is 44.6 Å². The van der Waals surface area contributed by atoms with E-state index < -0.39 is 0 Å². The summed E-state index contributed by atoms with van der Waals surface area (Å²) < 4.78 is 4.32. The summed E-state index contributed by atoms with van der Waals surface area (Å²) in [6, 6.07) is 2.63. The van der Waals surface area contributed by atoms with Crippen LogP contribution >= 0.6 is 11.5 Å². The Morgan fingerprint density at radius 1 is 1.54 bits per heavy atom. The molecular weight excluding hydrogens is 180 g/mol. The van der Waals surface area contributed by atoms with Gasteiger partial charge in [-0.3, -0.25) is 0 Å². The van der Waals surface area contributed by atoms with Crippen LogP contribution in [0.5, 0.6) is 0 Å². The second-order valence-corrected chi connectivity index (χ2v) is 4.83. The first kappa shape index (κ1) is 9.16. The Bertz CT molecular complexity index is 282. The molecule has 0 aromatic carbocycles. The minimum atomic E-state index is 0.418. The van der Waals surface area contributed by atoms with Crippen LogP contribution in [0, 0.1) is 6.92 Å². The van der Waals surface area contributed by atoms with E-state index in [0.29, 0.717) is 12.0 Å². The summed E-state index contributed by atoms with van der Waals surface area (Å²) in [7, 11) is 0. The lowest BCUT2D eigenvalue weighted by atomic mass is 9.85. The van der Waals surface area contributed by atoms with Gasteiger partial charge in [-0.25, -0.2) is 0 Å². The van der Waals surface area contributed by atoms with Crippen molar-refractivity contribution >= 4 is 11.5 Å². The Labute approximate surface area is 83.3 Å². The lowest BCUT2D eigenvalue weighted by molar-refractivity contribution is 0.397. The van der Waals surface area contributed by atoms with Crippen molar-refractivity contribution in [2.75, 3.05) is 0 Å². The molecule has 1 aromatic heterocycles. The van der Waals surface area contributed by atoms with Crippen LogP contribution in [-0.4, -0.2) is 10.4 Å². The third-order valence-corrected chi connectivity index (χ3v) is 3.80. The first-order valence-corrected chi connectivity index (χ1v) is 5.72. The molecule has 2 rings (SSSR count). The van der Waals surface area contributed by atoms with Gasteiger partial charge in [0.1, 0.15) is 0 Å². The van der Waals surface area contributed by atoms with Crippen molar-refractivity contribution in [3.63, 3.8) is 0 Å². The standard InChI is InChI=1S/C10H16N2S/c1-7-5-10(13-12-7)8-3-2-4-9(11)6-8/h5,8-9H,2-4,6,11H2,1H3. The average molecular weight is 196 g/mol. The molecule has 72 valence electrons. The average Bonchev–Trinajstić information content (AvgIpc) is 2.52. The Morgan fingerprint density at radius 2 is 2.38 bits per heavy atom. The van der Waals surface area contributed by atoms with E-state index in [4.69, 9.17) is 5.73 Å². The predicted octanol–water partition coefficient (Wildman–Crippen LogP) is 2.44. The van der Waals surface area contributed by atoms with Crippen molar-refractivity contribution in [3.05, 3.63) is 16.6 Å². The van der Waals surface area contributed by atoms with Crippen molar-refractivity contribution in [3.8, 4) is 0 Å². The summed E-state index contributed by atoms with van der Waals surface area (Å²) in [4.78, 5) is 1.44. The largest absolute Gasteiger partial charge is 0.328 e. The molecule has 2 unspecified atom stereocenters. The molecule has 2 N–H and O–H groups in total. The Kier molecular flexibility index (Phi) is 2.65. The van der Waals surface area contributed by atoms with Crippen LogP contribution in [0.2, 0.25) is 0 Å². The van der Waals surface area contributed by atoms with Crippen LogP contribution < -0.4 is 5.73 Å². The molecule has 1 aliphatic rings.